The highest BCUT2D eigenvalue weighted by Gasteiger charge is 2.16. The summed E-state index contributed by atoms with van der Waals surface area (Å²) in [5, 5.41) is 0. The summed E-state index contributed by atoms with van der Waals surface area (Å²) in [7, 11) is 2.10. The first-order chi connectivity index (χ1) is 5.27. The molecule has 0 saturated heterocycles. The van der Waals surface area contributed by atoms with Crippen molar-refractivity contribution in [3.05, 3.63) is 29.3 Å². The Bertz CT molecular complexity index is 324. The van der Waals surface area contributed by atoms with Gasteiger partial charge in [-0.2, -0.15) is 0 Å². The molecule has 1 aromatic rings. The maximum absolute atomic E-state index is 2.26. The predicted molar refractivity (Wildman–Crippen MR) is 46.8 cm³/mol. The van der Waals surface area contributed by atoms with E-state index in [2.05, 4.69) is 43.0 Å². The number of fused-ring (bicyclic) bond motifs is 1. The largest absolute Gasteiger partial charge is 0.208 e. The summed E-state index contributed by atoms with van der Waals surface area (Å²) in [6, 6.07) is 6.61. The van der Waals surface area contributed by atoms with Crippen molar-refractivity contribution in [1.82, 2.24) is 0 Å². The lowest BCUT2D eigenvalue weighted by molar-refractivity contribution is -0.396. The third-order valence-electron chi connectivity index (χ3n) is 2.20. The highest BCUT2D eigenvalue weighted by atomic mass is 15.0. The van der Waals surface area contributed by atoms with Gasteiger partial charge in [-0.25, -0.2) is 4.58 Å². The van der Waals surface area contributed by atoms with E-state index in [1.165, 1.54) is 16.8 Å². The zero-order valence-electron chi connectivity index (χ0n) is 6.96. The molecule has 0 aliphatic carbocycles. The van der Waals surface area contributed by atoms with Crippen LogP contribution in [-0.4, -0.2) is 17.8 Å². The molecule has 1 aromatic carbocycles. The lowest BCUT2D eigenvalue weighted by Crippen LogP contribution is -1.91. The normalized spacial score (nSPS) is 14.5. The molecule has 1 aliphatic rings. The summed E-state index contributed by atoms with van der Waals surface area (Å²) < 4.78 is 2.19. The fourth-order valence-electron chi connectivity index (χ4n) is 1.56. The van der Waals surface area contributed by atoms with Crippen molar-refractivity contribution in [2.24, 2.45) is 0 Å². The smallest absolute Gasteiger partial charge is 0.205 e. The molecule has 0 bridgehead atoms. The van der Waals surface area contributed by atoms with Gasteiger partial charge >= 0.3 is 0 Å². The van der Waals surface area contributed by atoms with Crippen LogP contribution in [0.2, 0.25) is 0 Å². The van der Waals surface area contributed by atoms with Crippen LogP contribution in [0.15, 0.2) is 18.2 Å². The fraction of sp³-hybridized carbons (Fsp3) is 0.300. The lowest BCUT2D eigenvalue weighted by Gasteiger charge is -1.95. The van der Waals surface area contributed by atoms with Crippen LogP contribution in [0.4, 0.5) is 5.69 Å². The van der Waals surface area contributed by atoms with E-state index in [9.17, 15) is 0 Å². The van der Waals surface area contributed by atoms with E-state index in [1.807, 2.05) is 0 Å². The fourth-order valence-corrected chi connectivity index (χ4v) is 1.56. The van der Waals surface area contributed by atoms with Crippen LogP contribution in [0.1, 0.15) is 11.1 Å². The summed E-state index contributed by atoms with van der Waals surface area (Å²) in [4.78, 5) is 0. The number of hydrogen-bond donors (Lipinski definition) is 0. The highest BCUT2D eigenvalue weighted by molar-refractivity contribution is 5.67. The average molecular weight is 146 g/mol. The summed E-state index contributed by atoms with van der Waals surface area (Å²) in [5.74, 6) is 0. The molecule has 56 valence electrons. The van der Waals surface area contributed by atoms with E-state index in [-0.39, 0.29) is 0 Å². The van der Waals surface area contributed by atoms with E-state index in [4.69, 9.17) is 0 Å². The molecule has 0 amide bonds. The first-order valence-corrected chi connectivity index (χ1v) is 3.93. The third-order valence-corrected chi connectivity index (χ3v) is 2.20. The SMILES string of the molecule is Cc1ccc2c(c1)CC=[N+]2C. The number of rotatable bonds is 0. The van der Waals surface area contributed by atoms with Crippen LogP contribution in [0.25, 0.3) is 0 Å². The molecular formula is C10H12N+. The quantitative estimate of drug-likeness (QED) is 0.492. The van der Waals surface area contributed by atoms with Gasteiger partial charge in [0.05, 0.1) is 6.42 Å². The molecule has 0 aromatic heterocycles. The monoisotopic (exact) mass is 146 g/mol. The number of hydrogen-bond acceptors (Lipinski definition) is 0. The van der Waals surface area contributed by atoms with E-state index in [0.29, 0.717) is 0 Å². The number of aryl methyl sites for hydroxylation is 1. The van der Waals surface area contributed by atoms with Crippen LogP contribution in [0.5, 0.6) is 0 Å². The van der Waals surface area contributed by atoms with Gasteiger partial charge in [0.15, 0.2) is 0 Å². The van der Waals surface area contributed by atoms with Crippen molar-refractivity contribution < 1.29 is 4.58 Å². The van der Waals surface area contributed by atoms with E-state index in [1.54, 1.807) is 0 Å². The zero-order chi connectivity index (χ0) is 7.84. The van der Waals surface area contributed by atoms with Crippen molar-refractivity contribution in [3.8, 4) is 0 Å². The summed E-state index contributed by atoms with van der Waals surface area (Å²) >= 11 is 0. The second-order valence-electron chi connectivity index (χ2n) is 3.13. The topological polar surface area (TPSA) is 3.01 Å². The molecular weight excluding hydrogens is 134 g/mol. The molecule has 2 rings (SSSR count). The Balaban J connectivity index is 2.58. The Labute approximate surface area is 67.0 Å². The van der Waals surface area contributed by atoms with Crippen molar-refractivity contribution in [3.63, 3.8) is 0 Å². The molecule has 0 radical (unpaired) electrons. The molecule has 0 N–H and O–H groups in total. The van der Waals surface area contributed by atoms with Gasteiger partial charge in [-0.1, -0.05) is 11.6 Å². The Morgan fingerprint density at radius 1 is 1.36 bits per heavy atom. The summed E-state index contributed by atoms with van der Waals surface area (Å²) in [6.45, 7) is 2.14. The van der Waals surface area contributed by atoms with E-state index >= 15 is 0 Å². The van der Waals surface area contributed by atoms with E-state index < -0.39 is 0 Å². The first kappa shape index (κ1) is 6.59. The third kappa shape index (κ3) is 0.967. The van der Waals surface area contributed by atoms with Gasteiger partial charge in [0.25, 0.3) is 0 Å². The molecule has 11 heavy (non-hydrogen) atoms. The first-order valence-electron chi connectivity index (χ1n) is 3.93. The molecule has 1 heteroatoms. The van der Waals surface area contributed by atoms with E-state index in [0.717, 1.165) is 6.42 Å². The molecule has 1 nitrogen and oxygen atoms in total. The van der Waals surface area contributed by atoms with Crippen molar-refractivity contribution in [2.45, 2.75) is 13.3 Å². The lowest BCUT2D eigenvalue weighted by atomic mass is 10.1. The molecule has 1 heterocycles. The maximum atomic E-state index is 2.26. The Kier molecular flexibility index (Phi) is 1.31. The summed E-state index contributed by atoms with van der Waals surface area (Å²) in [6.07, 6.45) is 3.30. The van der Waals surface area contributed by atoms with Crippen LogP contribution in [0.3, 0.4) is 0 Å². The molecule has 0 atom stereocenters. The second kappa shape index (κ2) is 2.19. The Morgan fingerprint density at radius 2 is 2.18 bits per heavy atom. The standard InChI is InChI=1S/C10H12N/c1-8-3-4-10-9(7-8)5-6-11(10)2/h3-4,6-7H,5H2,1-2H3/q+1. The molecule has 0 spiro atoms. The van der Waals surface area contributed by atoms with Crippen LogP contribution in [-0.2, 0) is 6.42 Å². The zero-order valence-corrected chi connectivity index (χ0v) is 6.96. The molecule has 0 saturated carbocycles. The van der Waals surface area contributed by atoms with Crippen molar-refractivity contribution >= 4 is 11.9 Å². The van der Waals surface area contributed by atoms with Crippen molar-refractivity contribution in [1.29, 1.82) is 0 Å². The number of benzene rings is 1. The minimum Gasteiger partial charge on any atom is -0.205 e. The molecule has 0 unspecified atom stereocenters. The van der Waals surface area contributed by atoms with Gasteiger partial charge < -0.3 is 0 Å². The minimum absolute atomic E-state index is 1.09. The van der Waals surface area contributed by atoms with Crippen LogP contribution >= 0.6 is 0 Å². The minimum atomic E-state index is 1.09. The van der Waals surface area contributed by atoms with Gasteiger partial charge in [-0.05, 0) is 13.0 Å². The van der Waals surface area contributed by atoms with Crippen molar-refractivity contribution in [2.75, 3.05) is 7.05 Å². The van der Waals surface area contributed by atoms with Gasteiger partial charge in [0.2, 0.25) is 5.69 Å². The van der Waals surface area contributed by atoms with Gasteiger partial charge in [0.1, 0.15) is 13.3 Å². The van der Waals surface area contributed by atoms with Gasteiger partial charge in [0, 0.05) is 11.6 Å². The molecule has 0 fully saturated rings. The number of nitrogens with zero attached hydrogens (tertiary/aromatic N) is 1. The van der Waals surface area contributed by atoms with Gasteiger partial charge in [-0.15, -0.1) is 0 Å². The second-order valence-corrected chi connectivity index (χ2v) is 3.13. The van der Waals surface area contributed by atoms with Gasteiger partial charge in [-0.3, -0.25) is 0 Å². The Hall–Kier alpha value is -1.11. The Morgan fingerprint density at radius 3 is 3.00 bits per heavy atom. The van der Waals surface area contributed by atoms with Crippen LogP contribution in [0, 0.1) is 6.92 Å². The molecule has 1 aliphatic heterocycles. The van der Waals surface area contributed by atoms with Crippen LogP contribution < -0.4 is 0 Å². The highest BCUT2D eigenvalue weighted by Crippen LogP contribution is 2.23. The predicted octanol–water partition coefficient (Wildman–Crippen LogP) is 1.90. The maximum Gasteiger partial charge on any atom is 0.208 e. The summed E-state index contributed by atoms with van der Waals surface area (Å²) in [5.41, 5.74) is 4.16. The average Bonchev–Trinajstić information content (AvgIpc) is 2.32.